The van der Waals surface area contributed by atoms with E-state index in [4.69, 9.17) is 33.2 Å². The summed E-state index contributed by atoms with van der Waals surface area (Å²) in [6.07, 6.45) is 6.14. The molecule has 2 atom stereocenters. The highest BCUT2D eigenvalue weighted by atomic mass is 35.8. The van der Waals surface area contributed by atoms with Crippen molar-refractivity contribution < 1.29 is 0 Å². The van der Waals surface area contributed by atoms with Crippen LogP contribution in [0, 0.1) is 5.92 Å². The van der Waals surface area contributed by atoms with Gasteiger partial charge in [-0.1, -0.05) is 32.6 Å². The Bertz CT molecular complexity index is 144. The van der Waals surface area contributed by atoms with E-state index in [1.807, 2.05) is 0 Å². The number of hydrogen-bond donors (Lipinski definition) is 0. The minimum atomic E-state index is -2.41. The van der Waals surface area contributed by atoms with Crippen molar-refractivity contribution in [3.63, 3.8) is 0 Å². The molecule has 0 radical (unpaired) electrons. The van der Waals surface area contributed by atoms with Gasteiger partial charge in [-0.05, 0) is 17.9 Å². The average Bonchev–Trinajstić information content (AvgIpc) is 2.34. The summed E-state index contributed by atoms with van der Waals surface area (Å²) in [4.78, 5) is 0. The maximum absolute atomic E-state index is 6.04. The smallest absolute Gasteiger partial charge is 0.126 e. The van der Waals surface area contributed by atoms with Crippen LogP contribution in [0.1, 0.15) is 39.0 Å². The molecule has 1 saturated carbocycles. The number of hydrogen-bond acceptors (Lipinski definition) is 0. The fraction of sp³-hybridized carbons (Fsp3) is 1.00. The third-order valence-corrected chi connectivity index (χ3v) is 6.86. The molecule has 1 rings (SSSR count). The minimum Gasteiger partial charge on any atom is -0.126 e. The standard InChI is InChI=1S/C8H15Cl3Si/c1-2-4-7-5-3-6-8(7)12(9,10)11/h7-8H,2-6H2,1H3. The summed E-state index contributed by atoms with van der Waals surface area (Å²) in [6.45, 7) is 2.20. The van der Waals surface area contributed by atoms with Crippen molar-refractivity contribution >= 4 is 39.2 Å². The maximum Gasteiger partial charge on any atom is 0.344 e. The second-order valence-electron chi connectivity index (χ2n) is 3.63. The summed E-state index contributed by atoms with van der Waals surface area (Å²) in [6, 6.07) is -2.41. The van der Waals surface area contributed by atoms with Crippen molar-refractivity contribution in [2.45, 2.75) is 44.6 Å². The predicted molar refractivity (Wildman–Crippen MR) is 59.3 cm³/mol. The zero-order valence-electron chi connectivity index (χ0n) is 7.32. The molecule has 0 N–H and O–H groups in total. The molecule has 0 amide bonds. The molecule has 1 fully saturated rings. The van der Waals surface area contributed by atoms with E-state index in [1.54, 1.807) is 0 Å². The van der Waals surface area contributed by atoms with Gasteiger partial charge in [-0.2, -0.15) is 0 Å². The van der Waals surface area contributed by atoms with Crippen molar-refractivity contribution in [2.24, 2.45) is 5.92 Å². The molecule has 0 bridgehead atoms. The molecule has 0 nitrogen and oxygen atoms in total. The van der Waals surface area contributed by atoms with E-state index < -0.39 is 6.00 Å². The molecule has 0 heterocycles. The largest absolute Gasteiger partial charge is 0.344 e. The second kappa shape index (κ2) is 4.54. The molecular formula is C8H15Cl3Si. The molecule has 4 heteroatoms. The summed E-state index contributed by atoms with van der Waals surface area (Å²) >= 11 is 18.1. The lowest BCUT2D eigenvalue weighted by Gasteiger charge is -2.23. The summed E-state index contributed by atoms with van der Waals surface area (Å²) in [5, 5.41) is 0. The third kappa shape index (κ3) is 2.80. The van der Waals surface area contributed by atoms with Crippen LogP contribution in [-0.2, 0) is 0 Å². The Morgan fingerprint density at radius 3 is 2.42 bits per heavy atom. The van der Waals surface area contributed by atoms with E-state index in [-0.39, 0.29) is 0 Å². The highest BCUT2D eigenvalue weighted by Gasteiger charge is 2.43. The average molecular weight is 246 g/mol. The van der Waals surface area contributed by atoms with Gasteiger partial charge < -0.3 is 0 Å². The normalized spacial score (nSPS) is 31.0. The van der Waals surface area contributed by atoms with Crippen LogP contribution >= 0.6 is 33.2 Å². The first-order valence-electron chi connectivity index (χ1n) is 4.62. The minimum absolute atomic E-state index is 0.433. The van der Waals surface area contributed by atoms with Crippen LogP contribution in [0.5, 0.6) is 0 Å². The SMILES string of the molecule is CCCC1CCCC1[Si](Cl)(Cl)Cl. The molecule has 12 heavy (non-hydrogen) atoms. The summed E-state index contributed by atoms with van der Waals surface area (Å²) in [5.41, 5.74) is 0.433. The highest BCUT2D eigenvalue weighted by Crippen LogP contribution is 2.50. The Kier molecular flexibility index (Phi) is 4.22. The Morgan fingerprint density at radius 2 is 1.92 bits per heavy atom. The van der Waals surface area contributed by atoms with Gasteiger partial charge in [0.1, 0.15) is 0 Å². The molecule has 0 aromatic rings. The molecule has 1 aliphatic carbocycles. The number of halogens is 3. The van der Waals surface area contributed by atoms with Crippen LogP contribution in [0.15, 0.2) is 0 Å². The first kappa shape index (κ1) is 11.2. The first-order valence-corrected chi connectivity index (χ1v) is 9.73. The molecule has 72 valence electrons. The van der Waals surface area contributed by atoms with Crippen LogP contribution in [0.25, 0.3) is 0 Å². The van der Waals surface area contributed by atoms with Gasteiger partial charge >= 0.3 is 6.00 Å². The van der Waals surface area contributed by atoms with E-state index in [2.05, 4.69) is 6.92 Å². The Hall–Kier alpha value is 1.09. The Labute approximate surface area is 89.7 Å². The van der Waals surface area contributed by atoms with Crippen LogP contribution in [0.2, 0.25) is 5.54 Å². The van der Waals surface area contributed by atoms with Crippen molar-refractivity contribution in [2.75, 3.05) is 0 Å². The van der Waals surface area contributed by atoms with Gasteiger partial charge in [-0.15, -0.1) is 33.2 Å². The van der Waals surface area contributed by atoms with Gasteiger partial charge in [0.05, 0.1) is 0 Å². The van der Waals surface area contributed by atoms with Crippen molar-refractivity contribution in [3.8, 4) is 0 Å². The van der Waals surface area contributed by atoms with Gasteiger partial charge in [0, 0.05) is 0 Å². The Morgan fingerprint density at radius 1 is 1.25 bits per heavy atom. The van der Waals surface area contributed by atoms with Crippen LogP contribution in [0.3, 0.4) is 0 Å². The fourth-order valence-corrected chi connectivity index (χ4v) is 6.17. The van der Waals surface area contributed by atoms with Gasteiger partial charge in [-0.3, -0.25) is 0 Å². The topological polar surface area (TPSA) is 0 Å². The lowest BCUT2D eigenvalue weighted by Crippen LogP contribution is -2.23. The molecule has 0 spiro atoms. The lowest BCUT2D eigenvalue weighted by molar-refractivity contribution is 0.493. The van der Waals surface area contributed by atoms with Gasteiger partial charge in [-0.25, -0.2) is 0 Å². The van der Waals surface area contributed by atoms with E-state index in [0.29, 0.717) is 11.5 Å². The monoisotopic (exact) mass is 244 g/mol. The van der Waals surface area contributed by atoms with Gasteiger partial charge in [0.25, 0.3) is 0 Å². The number of rotatable bonds is 3. The van der Waals surface area contributed by atoms with Crippen LogP contribution < -0.4 is 0 Å². The zero-order chi connectivity index (χ0) is 9.19. The van der Waals surface area contributed by atoms with Crippen molar-refractivity contribution in [1.82, 2.24) is 0 Å². The third-order valence-electron chi connectivity index (χ3n) is 2.74. The summed E-state index contributed by atoms with van der Waals surface area (Å²) in [5.74, 6) is 0.703. The van der Waals surface area contributed by atoms with Gasteiger partial charge in [0.15, 0.2) is 0 Å². The summed E-state index contributed by atoms with van der Waals surface area (Å²) < 4.78 is 0. The van der Waals surface area contributed by atoms with Crippen LogP contribution in [-0.4, -0.2) is 6.00 Å². The molecule has 0 saturated heterocycles. The molecule has 0 aromatic carbocycles. The van der Waals surface area contributed by atoms with Crippen molar-refractivity contribution in [1.29, 1.82) is 0 Å². The maximum atomic E-state index is 6.04. The fourth-order valence-electron chi connectivity index (χ4n) is 2.18. The molecular weight excluding hydrogens is 231 g/mol. The predicted octanol–water partition coefficient (Wildman–Crippen LogP) is 4.61. The quantitative estimate of drug-likeness (QED) is 0.503. The molecule has 1 aliphatic rings. The second-order valence-corrected chi connectivity index (χ2v) is 12.6. The molecule has 2 unspecified atom stereocenters. The molecule has 0 aliphatic heterocycles. The lowest BCUT2D eigenvalue weighted by atomic mass is 10.0. The van der Waals surface area contributed by atoms with Gasteiger partial charge in [0.2, 0.25) is 0 Å². The van der Waals surface area contributed by atoms with Crippen LogP contribution in [0.4, 0.5) is 0 Å². The van der Waals surface area contributed by atoms with E-state index in [1.165, 1.54) is 25.7 Å². The van der Waals surface area contributed by atoms with Crippen molar-refractivity contribution in [3.05, 3.63) is 0 Å². The Balaban J connectivity index is 2.52. The van der Waals surface area contributed by atoms with E-state index in [9.17, 15) is 0 Å². The van der Waals surface area contributed by atoms with E-state index >= 15 is 0 Å². The first-order chi connectivity index (χ1) is 5.55. The van der Waals surface area contributed by atoms with E-state index in [0.717, 1.165) is 6.42 Å². The molecule has 0 aromatic heterocycles. The highest BCUT2D eigenvalue weighted by molar-refractivity contribution is 7.65. The summed E-state index contributed by atoms with van der Waals surface area (Å²) in [7, 11) is 0. The zero-order valence-corrected chi connectivity index (χ0v) is 10.6.